The van der Waals surface area contributed by atoms with Crippen molar-refractivity contribution in [2.75, 3.05) is 0 Å². The van der Waals surface area contributed by atoms with Crippen molar-refractivity contribution in [1.82, 2.24) is 0 Å². The molecule has 5 aliphatic carbocycles. The van der Waals surface area contributed by atoms with Crippen LogP contribution in [0.3, 0.4) is 0 Å². The van der Waals surface area contributed by atoms with E-state index in [0.717, 1.165) is 12.8 Å². The molecular formula is C52H32. The van der Waals surface area contributed by atoms with E-state index in [4.69, 9.17) is 0 Å². The van der Waals surface area contributed by atoms with E-state index in [1.807, 2.05) is 0 Å². The predicted octanol–water partition coefficient (Wildman–Crippen LogP) is 12.6. The summed E-state index contributed by atoms with van der Waals surface area (Å²) in [5.41, 5.74) is 18.4. The standard InChI is InChI=1S/C52H32/c1-3-11-31(12-4-1)47-43-27-41-37-25-23-35-33-19-7-15-29-16-8-20-34(45(29)33)36-24-26-38(50(37)49(35)36)42(41)28-44(43)48(32-13-5-2-6-14-32)52-40-22-10-18-30-17-9-21-39(46(30)40)51(47)52/h1-23,25,27-28,30,46H,24,26H2. The van der Waals surface area contributed by atoms with Crippen molar-refractivity contribution >= 4 is 59.8 Å². The summed E-state index contributed by atoms with van der Waals surface area (Å²) >= 11 is 0. The van der Waals surface area contributed by atoms with Gasteiger partial charge >= 0.3 is 0 Å². The maximum atomic E-state index is 2.61. The summed E-state index contributed by atoms with van der Waals surface area (Å²) in [6, 6.07) is 46.2. The summed E-state index contributed by atoms with van der Waals surface area (Å²) in [7, 11) is 0. The van der Waals surface area contributed by atoms with Gasteiger partial charge in [-0.2, -0.15) is 0 Å². The molecule has 2 atom stereocenters. The molecule has 2 unspecified atom stereocenters. The lowest BCUT2D eigenvalue weighted by atomic mass is 9.77. The van der Waals surface area contributed by atoms with Crippen LogP contribution in [0.4, 0.5) is 0 Å². The Hall–Kier alpha value is -6.24. The number of aryl methyl sites for hydroxylation is 1. The third-order valence-corrected chi connectivity index (χ3v) is 13.0. The Bertz CT molecular complexity index is 3140. The van der Waals surface area contributed by atoms with Crippen molar-refractivity contribution in [3.8, 4) is 33.4 Å². The number of rotatable bonds is 2. The van der Waals surface area contributed by atoms with Crippen LogP contribution in [-0.4, -0.2) is 0 Å². The molecular weight excluding hydrogens is 625 g/mol. The maximum absolute atomic E-state index is 2.61. The first-order chi connectivity index (χ1) is 25.8. The third kappa shape index (κ3) is 3.30. The van der Waals surface area contributed by atoms with Crippen LogP contribution in [0.25, 0.3) is 93.2 Å². The van der Waals surface area contributed by atoms with Crippen molar-refractivity contribution in [2.45, 2.75) is 12.8 Å². The lowest BCUT2D eigenvalue weighted by molar-refractivity contribution is 0.707. The molecule has 5 aliphatic rings. The average molecular weight is 657 g/mol. The Morgan fingerprint density at radius 1 is 0.442 bits per heavy atom. The highest BCUT2D eigenvalue weighted by Gasteiger charge is 2.42. The lowest BCUT2D eigenvalue weighted by Gasteiger charge is -2.26. The second-order valence-electron chi connectivity index (χ2n) is 15.3. The summed E-state index contributed by atoms with van der Waals surface area (Å²) in [5.74, 6) is 0.727. The van der Waals surface area contributed by atoms with Crippen LogP contribution in [0, 0.1) is 11.8 Å². The minimum atomic E-state index is 0.347. The number of benzene rings is 8. The van der Waals surface area contributed by atoms with Gasteiger partial charge < -0.3 is 0 Å². The zero-order valence-corrected chi connectivity index (χ0v) is 28.6. The van der Waals surface area contributed by atoms with Gasteiger partial charge in [0.25, 0.3) is 0 Å². The van der Waals surface area contributed by atoms with Crippen LogP contribution in [0.2, 0.25) is 0 Å². The van der Waals surface area contributed by atoms with Gasteiger partial charge in [0, 0.05) is 11.8 Å². The van der Waals surface area contributed by atoms with Crippen LogP contribution < -0.4 is 5.22 Å². The molecule has 0 saturated carbocycles. The summed E-state index contributed by atoms with van der Waals surface area (Å²) in [6.07, 6.45) is 16.3. The number of allylic oxidation sites excluding steroid dienone is 8. The second kappa shape index (κ2) is 9.75. The zero-order chi connectivity index (χ0) is 33.7. The molecule has 0 heterocycles. The molecule has 0 nitrogen and oxygen atoms in total. The predicted molar refractivity (Wildman–Crippen MR) is 220 cm³/mol. The molecule has 0 radical (unpaired) electrons. The molecule has 0 N–H and O–H groups in total. The molecule has 0 aliphatic heterocycles. The minimum Gasteiger partial charge on any atom is -0.0767 e. The van der Waals surface area contributed by atoms with Gasteiger partial charge in [0.15, 0.2) is 0 Å². The Labute approximate surface area is 302 Å². The van der Waals surface area contributed by atoms with Crippen molar-refractivity contribution in [2.24, 2.45) is 11.8 Å². The van der Waals surface area contributed by atoms with Gasteiger partial charge in [0.1, 0.15) is 0 Å². The van der Waals surface area contributed by atoms with Gasteiger partial charge in [-0.15, -0.1) is 0 Å². The highest BCUT2D eigenvalue weighted by Crippen LogP contribution is 2.60. The summed E-state index contributed by atoms with van der Waals surface area (Å²) in [4.78, 5) is 0. The molecule has 8 aromatic carbocycles. The van der Waals surface area contributed by atoms with E-state index >= 15 is 0 Å². The molecule has 240 valence electrons. The van der Waals surface area contributed by atoms with E-state index in [9.17, 15) is 0 Å². The number of hydrogen-bond acceptors (Lipinski definition) is 0. The first-order valence-electron chi connectivity index (χ1n) is 18.8. The van der Waals surface area contributed by atoms with Gasteiger partial charge in [-0.3, -0.25) is 0 Å². The van der Waals surface area contributed by atoms with E-state index in [-0.39, 0.29) is 0 Å². The quantitative estimate of drug-likeness (QED) is 0.128. The second-order valence-corrected chi connectivity index (χ2v) is 15.3. The normalized spacial score (nSPS) is 18.7. The molecule has 52 heavy (non-hydrogen) atoms. The van der Waals surface area contributed by atoms with Crippen molar-refractivity contribution in [3.63, 3.8) is 0 Å². The van der Waals surface area contributed by atoms with Gasteiger partial charge in [-0.05, 0) is 146 Å². The van der Waals surface area contributed by atoms with E-state index in [0.29, 0.717) is 11.8 Å². The molecule has 0 fully saturated rings. The maximum Gasteiger partial charge on any atom is 0.0200 e. The van der Waals surface area contributed by atoms with Crippen molar-refractivity contribution < 1.29 is 0 Å². The molecule has 8 aromatic rings. The molecule has 13 rings (SSSR count). The first kappa shape index (κ1) is 27.5. The van der Waals surface area contributed by atoms with Crippen LogP contribution in [-0.2, 0) is 6.42 Å². The Balaban J connectivity index is 1.22. The Morgan fingerprint density at radius 3 is 1.73 bits per heavy atom. The van der Waals surface area contributed by atoms with Crippen LogP contribution in [0.5, 0.6) is 0 Å². The SMILES string of the molecule is C1=CC2C=CC=C3c4c(c(-c5ccccc5)c5cc6c(cc5c4-c4ccccc4)-c4ccc5c7c(c8cccc9cccc5c98)CCC6=c47)C(=C1)C32. The molecule has 0 heteroatoms. The van der Waals surface area contributed by atoms with Gasteiger partial charge in [-0.1, -0.05) is 146 Å². The van der Waals surface area contributed by atoms with E-state index < -0.39 is 0 Å². The lowest BCUT2D eigenvalue weighted by Crippen LogP contribution is -2.14. The van der Waals surface area contributed by atoms with E-state index in [1.165, 1.54) is 121 Å². The van der Waals surface area contributed by atoms with Gasteiger partial charge in [0.2, 0.25) is 0 Å². The van der Waals surface area contributed by atoms with Crippen molar-refractivity contribution in [3.05, 3.63) is 185 Å². The minimum absolute atomic E-state index is 0.347. The summed E-state index contributed by atoms with van der Waals surface area (Å²) in [6.45, 7) is 0. The highest BCUT2D eigenvalue weighted by molar-refractivity contribution is 6.25. The fourth-order valence-corrected chi connectivity index (χ4v) is 11.1. The van der Waals surface area contributed by atoms with E-state index in [2.05, 4.69) is 158 Å². The van der Waals surface area contributed by atoms with Crippen molar-refractivity contribution in [1.29, 1.82) is 0 Å². The molecule has 0 saturated heterocycles. The Kier molecular flexibility index (Phi) is 5.15. The molecule has 0 aromatic heterocycles. The Morgan fingerprint density at radius 2 is 1.06 bits per heavy atom. The first-order valence-corrected chi connectivity index (χ1v) is 18.8. The largest absolute Gasteiger partial charge is 0.0767 e. The fourth-order valence-electron chi connectivity index (χ4n) is 11.1. The fraction of sp³-hybridized carbons (Fsp3) is 0.0769. The van der Waals surface area contributed by atoms with Crippen LogP contribution in [0.15, 0.2) is 158 Å². The molecule has 0 bridgehead atoms. The van der Waals surface area contributed by atoms with E-state index in [1.54, 1.807) is 0 Å². The number of fused-ring (bicyclic) bond motifs is 9. The summed E-state index contributed by atoms with van der Waals surface area (Å²) in [5, 5.41) is 12.6. The van der Waals surface area contributed by atoms with Crippen LogP contribution in [0.1, 0.15) is 28.7 Å². The smallest absolute Gasteiger partial charge is 0.0200 e. The highest BCUT2D eigenvalue weighted by atomic mass is 14.4. The molecule has 0 spiro atoms. The zero-order valence-electron chi connectivity index (χ0n) is 28.6. The monoisotopic (exact) mass is 656 g/mol. The average Bonchev–Trinajstić information content (AvgIpc) is 3.71. The molecule has 0 amide bonds. The van der Waals surface area contributed by atoms with Gasteiger partial charge in [0.05, 0.1) is 0 Å². The number of hydrogen-bond donors (Lipinski definition) is 0. The summed E-state index contributed by atoms with van der Waals surface area (Å²) < 4.78 is 0. The third-order valence-electron chi connectivity index (χ3n) is 13.0. The topological polar surface area (TPSA) is 0 Å². The van der Waals surface area contributed by atoms with Gasteiger partial charge in [-0.25, -0.2) is 0 Å². The van der Waals surface area contributed by atoms with Crippen LogP contribution >= 0.6 is 0 Å².